The standard InChI is InChI=1S/C4H7NO3S2/c5-4-9-2-1-3-10(6,7)8/h1-3H2,(H,6,7,8). The average Bonchev–Trinajstić information content (AvgIpc) is 1.78. The van der Waals surface area contributed by atoms with Gasteiger partial charge in [0.2, 0.25) is 0 Å². The predicted octanol–water partition coefficient (Wildman–Crippen LogP) is 0.479. The Bertz CT molecular complexity index is 215. The maximum Gasteiger partial charge on any atom is 0.264 e. The van der Waals surface area contributed by atoms with Crippen molar-refractivity contribution in [1.29, 1.82) is 5.26 Å². The molecule has 0 rings (SSSR count). The number of thioether (sulfide) groups is 1. The minimum Gasteiger partial charge on any atom is -0.286 e. The first-order valence-electron chi connectivity index (χ1n) is 2.52. The van der Waals surface area contributed by atoms with Crippen LogP contribution in [0, 0.1) is 10.7 Å². The number of hydrogen-bond acceptors (Lipinski definition) is 4. The highest BCUT2D eigenvalue weighted by molar-refractivity contribution is 8.03. The Balaban J connectivity index is 3.32. The Morgan fingerprint density at radius 2 is 2.20 bits per heavy atom. The summed E-state index contributed by atoms with van der Waals surface area (Å²) in [6.07, 6.45) is 0.317. The van der Waals surface area contributed by atoms with Gasteiger partial charge in [-0.2, -0.15) is 13.7 Å². The number of rotatable bonds is 4. The lowest BCUT2D eigenvalue weighted by molar-refractivity contribution is 0.482. The van der Waals surface area contributed by atoms with E-state index in [1.807, 2.05) is 0 Å². The minimum absolute atomic E-state index is 0.262. The Labute approximate surface area is 64.0 Å². The topological polar surface area (TPSA) is 78.2 Å². The third-order valence-corrected chi connectivity index (χ3v) is 2.14. The van der Waals surface area contributed by atoms with Crippen LogP contribution in [0.4, 0.5) is 0 Å². The molecule has 0 spiro atoms. The monoisotopic (exact) mass is 181 g/mol. The molecule has 0 saturated carbocycles. The molecule has 0 aliphatic rings. The van der Waals surface area contributed by atoms with Crippen molar-refractivity contribution in [1.82, 2.24) is 0 Å². The highest BCUT2D eigenvalue weighted by atomic mass is 32.2. The molecule has 0 bridgehead atoms. The first-order valence-corrected chi connectivity index (χ1v) is 5.12. The van der Waals surface area contributed by atoms with Crippen LogP contribution in [0.15, 0.2) is 0 Å². The van der Waals surface area contributed by atoms with Crippen LogP contribution in [0.25, 0.3) is 0 Å². The second-order valence-corrected chi connectivity index (χ2v) is 4.03. The second-order valence-electron chi connectivity index (χ2n) is 1.58. The van der Waals surface area contributed by atoms with Gasteiger partial charge >= 0.3 is 0 Å². The third kappa shape index (κ3) is 7.75. The summed E-state index contributed by atoms with van der Waals surface area (Å²) in [7, 11) is -3.83. The molecule has 0 aliphatic heterocycles. The van der Waals surface area contributed by atoms with Gasteiger partial charge in [-0.15, -0.1) is 0 Å². The molecule has 0 atom stereocenters. The van der Waals surface area contributed by atoms with Crippen molar-refractivity contribution in [3.63, 3.8) is 0 Å². The second kappa shape index (κ2) is 4.55. The van der Waals surface area contributed by atoms with Crippen LogP contribution >= 0.6 is 11.8 Å². The largest absolute Gasteiger partial charge is 0.286 e. The van der Waals surface area contributed by atoms with E-state index in [1.165, 1.54) is 0 Å². The normalized spacial score (nSPS) is 10.8. The number of nitriles is 1. The lowest BCUT2D eigenvalue weighted by Crippen LogP contribution is -2.04. The summed E-state index contributed by atoms with van der Waals surface area (Å²) in [5, 5.41) is 9.79. The van der Waals surface area contributed by atoms with Crippen LogP contribution in [0.5, 0.6) is 0 Å². The van der Waals surface area contributed by atoms with Gasteiger partial charge in [-0.05, 0) is 18.2 Å². The van der Waals surface area contributed by atoms with E-state index in [1.54, 1.807) is 5.40 Å². The smallest absolute Gasteiger partial charge is 0.264 e. The van der Waals surface area contributed by atoms with E-state index in [0.29, 0.717) is 12.2 Å². The van der Waals surface area contributed by atoms with Gasteiger partial charge in [0, 0.05) is 5.75 Å². The van der Waals surface area contributed by atoms with Crippen molar-refractivity contribution < 1.29 is 13.0 Å². The first-order chi connectivity index (χ1) is 4.56. The summed E-state index contributed by atoms with van der Waals surface area (Å²) in [5.41, 5.74) is 0. The lowest BCUT2D eigenvalue weighted by atomic mass is 10.6. The number of hydrogen-bond donors (Lipinski definition) is 1. The van der Waals surface area contributed by atoms with Crippen molar-refractivity contribution in [3.05, 3.63) is 0 Å². The molecule has 0 saturated heterocycles. The molecule has 0 aliphatic carbocycles. The summed E-state index contributed by atoms with van der Waals surface area (Å²) < 4.78 is 28.3. The fraction of sp³-hybridized carbons (Fsp3) is 0.750. The molecular weight excluding hydrogens is 174 g/mol. The lowest BCUT2D eigenvalue weighted by Gasteiger charge is -1.91. The zero-order chi connectivity index (χ0) is 8.04. The summed E-state index contributed by atoms with van der Waals surface area (Å²) in [6, 6.07) is 0. The van der Waals surface area contributed by atoms with Crippen molar-refractivity contribution in [3.8, 4) is 5.40 Å². The molecule has 0 heterocycles. The highest BCUT2D eigenvalue weighted by Crippen LogP contribution is 1.99. The third-order valence-electron chi connectivity index (χ3n) is 0.713. The van der Waals surface area contributed by atoms with Crippen LogP contribution in [0.1, 0.15) is 6.42 Å². The highest BCUT2D eigenvalue weighted by Gasteiger charge is 2.02. The minimum atomic E-state index is -3.83. The molecule has 0 radical (unpaired) electrons. The Kier molecular flexibility index (Phi) is 4.43. The van der Waals surface area contributed by atoms with E-state index in [0.717, 1.165) is 11.8 Å². The summed E-state index contributed by atoms with van der Waals surface area (Å²) in [6.45, 7) is 0. The van der Waals surface area contributed by atoms with E-state index in [2.05, 4.69) is 0 Å². The molecular formula is C4H7NO3S2. The fourth-order valence-electron chi connectivity index (χ4n) is 0.359. The Hall–Kier alpha value is -0.250. The van der Waals surface area contributed by atoms with Crippen molar-refractivity contribution >= 4 is 21.9 Å². The van der Waals surface area contributed by atoms with E-state index in [4.69, 9.17) is 9.81 Å². The molecule has 0 amide bonds. The van der Waals surface area contributed by atoms with Gasteiger partial charge in [0.05, 0.1) is 5.75 Å². The van der Waals surface area contributed by atoms with Gasteiger partial charge in [0.1, 0.15) is 5.40 Å². The Morgan fingerprint density at radius 1 is 1.60 bits per heavy atom. The molecule has 4 nitrogen and oxygen atoms in total. The van der Waals surface area contributed by atoms with E-state index < -0.39 is 10.1 Å². The zero-order valence-electron chi connectivity index (χ0n) is 5.15. The van der Waals surface area contributed by atoms with Gasteiger partial charge in [-0.25, -0.2) is 0 Å². The van der Waals surface area contributed by atoms with Crippen molar-refractivity contribution in [2.75, 3.05) is 11.5 Å². The van der Waals surface area contributed by atoms with E-state index >= 15 is 0 Å². The van der Waals surface area contributed by atoms with Crippen LogP contribution in [-0.2, 0) is 10.1 Å². The SMILES string of the molecule is N#CSCCCS(=O)(=O)O. The Morgan fingerprint density at radius 3 is 2.60 bits per heavy atom. The van der Waals surface area contributed by atoms with Gasteiger partial charge in [0.15, 0.2) is 0 Å². The fourth-order valence-corrected chi connectivity index (χ4v) is 1.43. The quantitative estimate of drug-likeness (QED) is 0.387. The van der Waals surface area contributed by atoms with Crippen LogP contribution in [0.2, 0.25) is 0 Å². The van der Waals surface area contributed by atoms with Crippen LogP contribution < -0.4 is 0 Å². The molecule has 1 N–H and O–H groups in total. The molecule has 10 heavy (non-hydrogen) atoms. The molecule has 0 unspecified atom stereocenters. The molecule has 6 heteroatoms. The van der Waals surface area contributed by atoms with E-state index in [9.17, 15) is 8.42 Å². The molecule has 0 aromatic carbocycles. The van der Waals surface area contributed by atoms with Gasteiger partial charge in [-0.1, -0.05) is 0 Å². The molecule has 58 valence electrons. The van der Waals surface area contributed by atoms with Crippen LogP contribution in [-0.4, -0.2) is 24.5 Å². The number of thiocyanates is 1. The van der Waals surface area contributed by atoms with Gasteiger partial charge in [0.25, 0.3) is 10.1 Å². The zero-order valence-corrected chi connectivity index (χ0v) is 6.78. The maximum absolute atomic E-state index is 10.1. The molecule has 0 fully saturated rings. The van der Waals surface area contributed by atoms with Crippen molar-refractivity contribution in [2.45, 2.75) is 6.42 Å². The van der Waals surface area contributed by atoms with Gasteiger partial charge < -0.3 is 0 Å². The van der Waals surface area contributed by atoms with Crippen LogP contribution in [0.3, 0.4) is 0 Å². The first kappa shape index (κ1) is 9.75. The summed E-state index contributed by atoms with van der Waals surface area (Å²) in [5.74, 6) is 0.179. The van der Waals surface area contributed by atoms with Gasteiger partial charge in [-0.3, -0.25) is 4.55 Å². The number of nitrogens with zero attached hydrogens (tertiary/aromatic N) is 1. The average molecular weight is 181 g/mol. The van der Waals surface area contributed by atoms with Crippen molar-refractivity contribution in [2.24, 2.45) is 0 Å². The maximum atomic E-state index is 10.1. The molecule has 0 aromatic rings. The predicted molar refractivity (Wildman–Crippen MR) is 39.1 cm³/mol. The van der Waals surface area contributed by atoms with E-state index in [-0.39, 0.29) is 5.75 Å². The summed E-state index contributed by atoms with van der Waals surface area (Å²) in [4.78, 5) is 0. The summed E-state index contributed by atoms with van der Waals surface area (Å²) >= 11 is 0.979. The molecule has 0 aromatic heterocycles.